The van der Waals surface area contributed by atoms with Crippen LogP contribution < -0.4 is 15.4 Å². The van der Waals surface area contributed by atoms with E-state index in [2.05, 4.69) is 33.3 Å². The van der Waals surface area contributed by atoms with Crippen LogP contribution in [0, 0.1) is 0 Å². The lowest BCUT2D eigenvalue weighted by molar-refractivity contribution is 0.0492. The predicted molar refractivity (Wildman–Crippen MR) is 176 cm³/mol. The first-order valence-electron chi connectivity index (χ1n) is 14.8. The molecule has 1 heterocycles. The fraction of sp³-hybridized carbons (Fsp3) is 0.364. The summed E-state index contributed by atoms with van der Waals surface area (Å²) in [6, 6.07) is 17.9. The molecule has 0 spiro atoms. The normalized spacial score (nSPS) is 17.2. The Balaban J connectivity index is 1.26. The van der Waals surface area contributed by atoms with Crippen molar-refractivity contribution in [3.63, 3.8) is 0 Å². The highest BCUT2D eigenvalue weighted by Gasteiger charge is 2.25. The number of hydrogen-bond donors (Lipinski definition) is 3. The smallest absolute Gasteiger partial charge is 0.407 e. The average Bonchev–Trinajstić information content (AvgIpc) is 2.98. The Morgan fingerprint density at radius 3 is 2.32 bits per heavy atom. The number of ether oxygens (including phenoxy) is 1. The number of nitrogens with zero attached hydrogens (tertiary/aromatic N) is 2. The molecule has 3 N–H and O–H groups in total. The zero-order valence-electron chi connectivity index (χ0n) is 25.4. The summed E-state index contributed by atoms with van der Waals surface area (Å²) in [5, 5.41) is 7.71. The van der Waals surface area contributed by atoms with Crippen LogP contribution in [0.3, 0.4) is 0 Å². The predicted octanol–water partition coefficient (Wildman–Crippen LogP) is 7.56. The lowest BCUT2D eigenvalue weighted by Gasteiger charge is -2.30. The van der Waals surface area contributed by atoms with E-state index in [4.69, 9.17) is 21.3 Å². The van der Waals surface area contributed by atoms with E-state index in [0.717, 1.165) is 59.7 Å². The summed E-state index contributed by atoms with van der Waals surface area (Å²) >= 11 is 6.14. The molecule has 9 nitrogen and oxygen atoms in total. The number of benzene rings is 3. The molecule has 0 unspecified atom stereocenters. The molecular weight excluding hydrogens is 598 g/mol. The van der Waals surface area contributed by atoms with Gasteiger partial charge in [-0.05, 0) is 106 Å². The summed E-state index contributed by atoms with van der Waals surface area (Å²) in [5.41, 5.74) is 3.62. The summed E-state index contributed by atoms with van der Waals surface area (Å²) in [5.74, 6) is 0.587. The van der Waals surface area contributed by atoms with E-state index >= 15 is 0 Å². The number of aromatic nitrogens is 2. The maximum atomic E-state index is 12.9. The van der Waals surface area contributed by atoms with Crippen LogP contribution in [-0.4, -0.2) is 42.2 Å². The summed E-state index contributed by atoms with van der Waals surface area (Å²) in [6.07, 6.45) is 5.71. The number of amides is 1. The molecule has 0 atom stereocenters. The van der Waals surface area contributed by atoms with Gasteiger partial charge in [-0.15, -0.1) is 0 Å². The van der Waals surface area contributed by atoms with Crippen molar-refractivity contribution in [2.45, 2.75) is 82.4 Å². The van der Waals surface area contributed by atoms with Gasteiger partial charge in [0.2, 0.25) is 5.95 Å². The molecule has 0 bridgehead atoms. The molecule has 1 fully saturated rings. The molecule has 1 saturated carbocycles. The monoisotopic (exact) mass is 635 g/mol. The molecule has 1 aliphatic rings. The third-order valence-electron chi connectivity index (χ3n) is 7.54. The number of hydrogen-bond acceptors (Lipinski definition) is 7. The van der Waals surface area contributed by atoms with Crippen LogP contribution in [0.1, 0.15) is 58.9 Å². The van der Waals surface area contributed by atoms with Crippen LogP contribution >= 0.6 is 11.6 Å². The molecule has 5 rings (SSSR count). The third-order valence-corrected chi connectivity index (χ3v) is 9.25. The number of fused-ring (bicyclic) bond motifs is 1. The number of rotatable bonds is 8. The lowest BCUT2D eigenvalue weighted by atomic mass is 9.91. The third kappa shape index (κ3) is 7.78. The Bertz CT molecular complexity index is 1750. The summed E-state index contributed by atoms with van der Waals surface area (Å²) in [7, 11) is -3.80. The van der Waals surface area contributed by atoms with Gasteiger partial charge in [-0.25, -0.2) is 23.2 Å². The number of halogens is 1. The Labute approximate surface area is 263 Å². The summed E-state index contributed by atoms with van der Waals surface area (Å²) in [6.45, 7) is 7.66. The van der Waals surface area contributed by atoms with Gasteiger partial charge in [-0.1, -0.05) is 42.8 Å². The molecule has 0 aliphatic heterocycles. The lowest BCUT2D eigenvalue weighted by Crippen LogP contribution is -2.42. The molecule has 44 heavy (non-hydrogen) atoms. The van der Waals surface area contributed by atoms with Gasteiger partial charge in [0.15, 0.2) is 0 Å². The van der Waals surface area contributed by atoms with E-state index in [0.29, 0.717) is 16.7 Å². The number of alkyl carbamates (subject to hydrolysis) is 1. The Morgan fingerprint density at radius 2 is 1.66 bits per heavy atom. The zero-order valence-corrected chi connectivity index (χ0v) is 26.9. The second-order valence-electron chi connectivity index (χ2n) is 12.1. The minimum atomic E-state index is -3.80. The van der Waals surface area contributed by atoms with Crippen molar-refractivity contribution in [3.8, 4) is 11.1 Å². The van der Waals surface area contributed by atoms with E-state index in [1.807, 2.05) is 33.0 Å². The molecule has 232 valence electrons. The largest absolute Gasteiger partial charge is 0.444 e. The SMILES string of the molecule is CCc1cc(-c2ccc(S(=O)(=O)Nc3ccccc3Cl)cc2)cc2cnc(NC3CCC(NC(=O)OC(C)(C)C)CC3)nc12. The fourth-order valence-corrected chi connectivity index (χ4v) is 6.66. The number of para-hydroxylation sites is 1. The molecule has 3 aromatic carbocycles. The van der Waals surface area contributed by atoms with Gasteiger partial charge in [-0.3, -0.25) is 4.72 Å². The van der Waals surface area contributed by atoms with Gasteiger partial charge in [0, 0.05) is 23.7 Å². The van der Waals surface area contributed by atoms with Gasteiger partial charge in [0.1, 0.15) is 5.60 Å². The standard InChI is InChI=1S/C33H38ClN5O4S/c1-5-21-18-23(22-10-16-27(17-11-22)44(41,42)39-29-9-7-6-8-28(29)34)19-24-20-35-31(38-30(21)24)36-25-12-14-26(15-13-25)37-32(40)43-33(2,3)4/h6-11,16-20,25-26,39H,5,12-15H2,1-4H3,(H,37,40)(H,35,36,38). The molecule has 1 aliphatic carbocycles. The minimum Gasteiger partial charge on any atom is -0.444 e. The Morgan fingerprint density at radius 1 is 0.977 bits per heavy atom. The average molecular weight is 636 g/mol. The first-order chi connectivity index (χ1) is 20.9. The van der Waals surface area contributed by atoms with Crippen molar-refractivity contribution >= 4 is 50.3 Å². The van der Waals surface area contributed by atoms with E-state index in [1.54, 1.807) is 48.5 Å². The van der Waals surface area contributed by atoms with Crippen LogP contribution in [0.2, 0.25) is 5.02 Å². The maximum absolute atomic E-state index is 12.9. The molecule has 0 saturated heterocycles. The molecule has 1 aromatic heterocycles. The summed E-state index contributed by atoms with van der Waals surface area (Å²) in [4.78, 5) is 21.7. The van der Waals surface area contributed by atoms with Gasteiger partial charge >= 0.3 is 6.09 Å². The number of aryl methyl sites for hydroxylation is 1. The molecule has 1 amide bonds. The van der Waals surface area contributed by atoms with Gasteiger partial charge < -0.3 is 15.4 Å². The van der Waals surface area contributed by atoms with Crippen LogP contribution in [0.5, 0.6) is 0 Å². The first kappa shape index (κ1) is 31.5. The van der Waals surface area contributed by atoms with Gasteiger partial charge in [0.25, 0.3) is 10.0 Å². The Kier molecular flexibility index (Phi) is 9.31. The quantitative estimate of drug-likeness (QED) is 0.183. The van der Waals surface area contributed by atoms with Crippen molar-refractivity contribution in [1.29, 1.82) is 0 Å². The van der Waals surface area contributed by atoms with Crippen LogP contribution in [0.15, 0.2) is 71.8 Å². The van der Waals surface area contributed by atoms with Crippen molar-refractivity contribution in [3.05, 3.63) is 77.4 Å². The molecular formula is C33H38ClN5O4S. The van der Waals surface area contributed by atoms with E-state index in [-0.39, 0.29) is 23.1 Å². The highest BCUT2D eigenvalue weighted by atomic mass is 35.5. The van der Waals surface area contributed by atoms with E-state index < -0.39 is 15.6 Å². The minimum absolute atomic E-state index is 0.0957. The zero-order chi connectivity index (χ0) is 31.5. The van der Waals surface area contributed by atoms with Crippen LogP contribution in [-0.2, 0) is 21.2 Å². The number of carbonyl (C=O) groups excluding carboxylic acids is 1. The second-order valence-corrected chi connectivity index (χ2v) is 14.2. The van der Waals surface area contributed by atoms with Crippen molar-refractivity contribution in [1.82, 2.24) is 15.3 Å². The maximum Gasteiger partial charge on any atom is 0.407 e. The van der Waals surface area contributed by atoms with Crippen LogP contribution in [0.25, 0.3) is 22.0 Å². The second kappa shape index (κ2) is 13.0. The molecule has 11 heteroatoms. The van der Waals surface area contributed by atoms with Crippen molar-refractivity contribution in [2.24, 2.45) is 0 Å². The number of sulfonamides is 1. The van der Waals surface area contributed by atoms with E-state index in [9.17, 15) is 13.2 Å². The summed E-state index contributed by atoms with van der Waals surface area (Å²) < 4.78 is 33.8. The number of nitrogens with one attached hydrogen (secondary N) is 3. The van der Waals surface area contributed by atoms with Gasteiger partial charge in [-0.2, -0.15) is 0 Å². The van der Waals surface area contributed by atoms with Crippen molar-refractivity contribution < 1.29 is 17.9 Å². The Hall–Kier alpha value is -3.89. The van der Waals surface area contributed by atoms with E-state index in [1.165, 1.54) is 0 Å². The topological polar surface area (TPSA) is 122 Å². The number of anilines is 2. The fourth-order valence-electron chi connectivity index (χ4n) is 5.34. The first-order valence-corrected chi connectivity index (χ1v) is 16.7. The van der Waals surface area contributed by atoms with Gasteiger partial charge in [0.05, 0.1) is 21.1 Å². The van der Waals surface area contributed by atoms with Crippen LogP contribution in [0.4, 0.5) is 16.4 Å². The molecule has 0 radical (unpaired) electrons. The highest BCUT2D eigenvalue weighted by molar-refractivity contribution is 7.92. The van der Waals surface area contributed by atoms with Crippen molar-refractivity contribution in [2.75, 3.05) is 10.0 Å². The highest BCUT2D eigenvalue weighted by Crippen LogP contribution is 2.30. The molecule has 4 aromatic rings. The number of carbonyl (C=O) groups is 1.